The molecular formula is C15H17N3O. The molecule has 0 N–H and O–H groups in total. The number of aromatic nitrogens is 2. The molecule has 1 aliphatic heterocycles. The van der Waals surface area contributed by atoms with Gasteiger partial charge in [0.1, 0.15) is 5.82 Å². The Labute approximate surface area is 112 Å². The Morgan fingerprint density at radius 2 is 2.21 bits per heavy atom. The summed E-state index contributed by atoms with van der Waals surface area (Å²) in [6.07, 6.45) is 2.07. The predicted octanol–water partition coefficient (Wildman–Crippen LogP) is 2.82. The van der Waals surface area contributed by atoms with Crippen molar-refractivity contribution < 1.29 is 4.74 Å². The first kappa shape index (κ1) is 12.2. The first-order valence-electron chi connectivity index (χ1n) is 6.81. The summed E-state index contributed by atoms with van der Waals surface area (Å²) < 4.78 is 7.70. The minimum absolute atomic E-state index is 0.478. The van der Waals surface area contributed by atoms with Crippen LogP contribution in [0.2, 0.25) is 0 Å². The van der Waals surface area contributed by atoms with Gasteiger partial charge in [0, 0.05) is 25.7 Å². The van der Waals surface area contributed by atoms with Gasteiger partial charge in [-0.2, -0.15) is 5.26 Å². The SMILES string of the molecule is CCn1c(C2CCOCC2)nc2cc(C#N)ccc21. The molecule has 1 fully saturated rings. The molecule has 4 heteroatoms. The maximum absolute atomic E-state index is 8.98. The maximum Gasteiger partial charge on any atom is 0.113 e. The van der Waals surface area contributed by atoms with E-state index in [1.165, 1.54) is 0 Å². The van der Waals surface area contributed by atoms with Gasteiger partial charge in [-0.05, 0) is 38.0 Å². The van der Waals surface area contributed by atoms with Gasteiger partial charge in [0.2, 0.25) is 0 Å². The fourth-order valence-electron chi connectivity index (χ4n) is 2.82. The number of fused-ring (bicyclic) bond motifs is 1. The highest BCUT2D eigenvalue weighted by Crippen LogP contribution is 2.29. The molecule has 19 heavy (non-hydrogen) atoms. The number of aryl methyl sites for hydroxylation is 1. The summed E-state index contributed by atoms with van der Waals surface area (Å²) in [6, 6.07) is 7.93. The van der Waals surface area contributed by atoms with Crippen LogP contribution in [-0.4, -0.2) is 22.8 Å². The number of nitriles is 1. The van der Waals surface area contributed by atoms with Crippen LogP contribution in [0.4, 0.5) is 0 Å². The molecule has 0 radical (unpaired) electrons. The van der Waals surface area contributed by atoms with E-state index in [0.717, 1.165) is 49.5 Å². The van der Waals surface area contributed by atoms with E-state index in [1.807, 2.05) is 18.2 Å². The molecule has 2 aromatic rings. The smallest absolute Gasteiger partial charge is 0.113 e. The third kappa shape index (κ3) is 2.11. The van der Waals surface area contributed by atoms with Gasteiger partial charge in [-0.1, -0.05) is 0 Å². The molecule has 3 rings (SSSR count). The summed E-state index contributed by atoms with van der Waals surface area (Å²) in [5.41, 5.74) is 2.73. The lowest BCUT2D eigenvalue weighted by Crippen LogP contribution is -2.17. The molecule has 4 nitrogen and oxygen atoms in total. The lowest BCUT2D eigenvalue weighted by Gasteiger charge is -2.22. The summed E-state index contributed by atoms with van der Waals surface area (Å²) in [6.45, 7) is 4.69. The number of hydrogen-bond acceptors (Lipinski definition) is 3. The van der Waals surface area contributed by atoms with Crippen LogP contribution in [0.25, 0.3) is 11.0 Å². The van der Waals surface area contributed by atoms with Crippen molar-refractivity contribution in [1.29, 1.82) is 5.26 Å². The molecule has 0 atom stereocenters. The number of ether oxygens (including phenoxy) is 1. The van der Waals surface area contributed by atoms with Crippen LogP contribution in [0.15, 0.2) is 18.2 Å². The van der Waals surface area contributed by atoms with Crippen LogP contribution in [-0.2, 0) is 11.3 Å². The van der Waals surface area contributed by atoms with Crippen molar-refractivity contribution in [2.45, 2.75) is 32.2 Å². The fourth-order valence-corrected chi connectivity index (χ4v) is 2.82. The van der Waals surface area contributed by atoms with Crippen LogP contribution < -0.4 is 0 Å². The first-order chi connectivity index (χ1) is 9.33. The second-order valence-corrected chi connectivity index (χ2v) is 4.92. The van der Waals surface area contributed by atoms with Gasteiger partial charge in [0.15, 0.2) is 0 Å². The normalized spacial score (nSPS) is 16.6. The molecule has 1 aromatic heterocycles. The maximum atomic E-state index is 8.98. The van der Waals surface area contributed by atoms with Crippen LogP contribution in [0.3, 0.4) is 0 Å². The van der Waals surface area contributed by atoms with E-state index in [0.29, 0.717) is 11.5 Å². The summed E-state index contributed by atoms with van der Waals surface area (Å²) in [4.78, 5) is 4.77. The first-order valence-corrected chi connectivity index (χ1v) is 6.81. The molecule has 1 aliphatic rings. The Hall–Kier alpha value is -1.86. The number of rotatable bonds is 2. The Balaban J connectivity index is 2.10. The van der Waals surface area contributed by atoms with Crippen molar-refractivity contribution >= 4 is 11.0 Å². The van der Waals surface area contributed by atoms with Crippen molar-refractivity contribution in [1.82, 2.24) is 9.55 Å². The van der Waals surface area contributed by atoms with Crippen molar-refractivity contribution in [3.63, 3.8) is 0 Å². The van der Waals surface area contributed by atoms with Crippen LogP contribution >= 0.6 is 0 Å². The van der Waals surface area contributed by atoms with Gasteiger partial charge < -0.3 is 9.30 Å². The van der Waals surface area contributed by atoms with E-state index >= 15 is 0 Å². The summed E-state index contributed by atoms with van der Waals surface area (Å²) >= 11 is 0. The van der Waals surface area contributed by atoms with Crippen LogP contribution in [0.5, 0.6) is 0 Å². The van der Waals surface area contributed by atoms with E-state index in [-0.39, 0.29) is 0 Å². The van der Waals surface area contributed by atoms with Crippen LogP contribution in [0, 0.1) is 11.3 Å². The number of benzene rings is 1. The second-order valence-electron chi connectivity index (χ2n) is 4.92. The lowest BCUT2D eigenvalue weighted by molar-refractivity contribution is 0.0829. The topological polar surface area (TPSA) is 50.8 Å². The van der Waals surface area contributed by atoms with Crippen molar-refractivity contribution in [2.24, 2.45) is 0 Å². The van der Waals surface area contributed by atoms with E-state index in [2.05, 4.69) is 17.6 Å². The minimum Gasteiger partial charge on any atom is -0.381 e. The molecule has 0 amide bonds. The largest absolute Gasteiger partial charge is 0.381 e. The van der Waals surface area contributed by atoms with Gasteiger partial charge in [-0.3, -0.25) is 0 Å². The minimum atomic E-state index is 0.478. The average Bonchev–Trinajstić information content (AvgIpc) is 2.85. The van der Waals surface area contributed by atoms with Crippen molar-refractivity contribution in [2.75, 3.05) is 13.2 Å². The molecule has 0 bridgehead atoms. The highest BCUT2D eigenvalue weighted by atomic mass is 16.5. The molecule has 0 aliphatic carbocycles. The second kappa shape index (κ2) is 5.02. The van der Waals surface area contributed by atoms with E-state index in [1.54, 1.807) is 0 Å². The zero-order chi connectivity index (χ0) is 13.2. The molecule has 98 valence electrons. The molecule has 2 heterocycles. The predicted molar refractivity (Wildman–Crippen MR) is 72.9 cm³/mol. The molecular weight excluding hydrogens is 238 g/mol. The van der Waals surface area contributed by atoms with E-state index in [9.17, 15) is 0 Å². The highest BCUT2D eigenvalue weighted by molar-refractivity contribution is 5.77. The van der Waals surface area contributed by atoms with Crippen molar-refractivity contribution in [3.05, 3.63) is 29.6 Å². The quantitative estimate of drug-likeness (QED) is 0.829. The zero-order valence-electron chi connectivity index (χ0n) is 11.1. The van der Waals surface area contributed by atoms with Crippen molar-refractivity contribution in [3.8, 4) is 6.07 Å². The molecule has 1 saturated heterocycles. The standard InChI is InChI=1S/C15H17N3O/c1-2-18-14-4-3-11(10-16)9-13(14)17-15(18)12-5-7-19-8-6-12/h3-4,9,12H,2,5-8H2,1H3. The third-order valence-electron chi connectivity index (χ3n) is 3.81. The van der Waals surface area contributed by atoms with Gasteiger partial charge in [-0.15, -0.1) is 0 Å². The summed E-state index contributed by atoms with van der Waals surface area (Å²) in [5.74, 6) is 1.63. The Kier molecular flexibility index (Phi) is 3.22. The molecule has 0 unspecified atom stereocenters. The van der Waals surface area contributed by atoms with E-state index < -0.39 is 0 Å². The molecule has 1 aromatic carbocycles. The fraction of sp³-hybridized carbons (Fsp3) is 0.467. The monoisotopic (exact) mass is 255 g/mol. The Bertz CT molecular complexity index is 633. The third-order valence-corrected chi connectivity index (χ3v) is 3.81. The summed E-state index contributed by atoms with van der Waals surface area (Å²) in [5, 5.41) is 8.98. The lowest BCUT2D eigenvalue weighted by atomic mass is 9.99. The molecule has 0 spiro atoms. The number of hydrogen-bond donors (Lipinski definition) is 0. The Morgan fingerprint density at radius 3 is 2.89 bits per heavy atom. The van der Waals surface area contributed by atoms with Gasteiger partial charge in [0.05, 0.1) is 22.7 Å². The van der Waals surface area contributed by atoms with E-state index in [4.69, 9.17) is 15.0 Å². The average molecular weight is 255 g/mol. The van der Waals surface area contributed by atoms with Gasteiger partial charge in [-0.25, -0.2) is 4.98 Å². The van der Waals surface area contributed by atoms with Crippen LogP contribution in [0.1, 0.15) is 37.1 Å². The molecule has 0 saturated carbocycles. The zero-order valence-corrected chi connectivity index (χ0v) is 11.1. The van der Waals surface area contributed by atoms with Gasteiger partial charge in [0.25, 0.3) is 0 Å². The highest BCUT2D eigenvalue weighted by Gasteiger charge is 2.22. The number of nitrogens with zero attached hydrogens (tertiary/aromatic N) is 3. The van der Waals surface area contributed by atoms with Gasteiger partial charge >= 0.3 is 0 Å². The summed E-state index contributed by atoms with van der Waals surface area (Å²) in [7, 11) is 0. The number of imidazole rings is 1. The Morgan fingerprint density at radius 1 is 1.42 bits per heavy atom.